The van der Waals surface area contributed by atoms with Gasteiger partial charge in [0.25, 0.3) is 0 Å². The van der Waals surface area contributed by atoms with E-state index in [0.717, 1.165) is 34.7 Å². The van der Waals surface area contributed by atoms with Crippen LogP contribution in [0.3, 0.4) is 0 Å². The molecule has 4 rings (SSSR count). The van der Waals surface area contributed by atoms with E-state index in [4.69, 9.17) is 0 Å². The first-order valence-electron chi connectivity index (χ1n) is 13.1. The number of aryl methyl sites for hydroxylation is 2. The SMILES string of the molecule is CCc1ccc2c(c1)[C@@H](NC[C@@H](O)[C@H](Cc1cc(F)cc(F)c1)NC(=O)CCc1ccccc1)CS(=O)(=O)C2. The number of rotatable bonds is 11. The zero-order valence-corrected chi connectivity index (χ0v) is 22.7. The molecule has 0 spiro atoms. The van der Waals surface area contributed by atoms with Crippen LogP contribution in [0.5, 0.6) is 0 Å². The van der Waals surface area contributed by atoms with Gasteiger partial charge in [-0.15, -0.1) is 0 Å². The van der Waals surface area contributed by atoms with Gasteiger partial charge in [-0.25, -0.2) is 17.2 Å². The Morgan fingerprint density at radius 1 is 1.00 bits per heavy atom. The van der Waals surface area contributed by atoms with Crippen LogP contribution in [0.2, 0.25) is 0 Å². The summed E-state index contributed by atoms with van der Waals surface area (Å²) in [5.74, 6) is -1.94. The van der Waals surface area contributed by atoms with Gasteiger partial charge in [-0.05, 0) is 59.2 Å². The Labute approximate surface area is 228 Å². The lowest BCUT2D eigenvalue weighted by molar-refractivity contribution is -0.122. The van der Waals surface area contributed by atoms with Crippen molar-refractivity contribution in [3.8, 4) is 0 Å². The van der Waals surface area contributed by atoms with Gasteiger partial charge in [0.05, 0.1) is 23.7 Å². The molecule has 0 saturated carbocycles. The third-order valence-corrected chi connectivity index (χ3v) is 8.63. The van der Waals surface area contributed by atoms with E-state index >= 15 is 0 Å². The topological polar surface area (TPSA) is 95.5 Å². The predicted molar refractivity (Wildman–Crippen MR) is 147 cm³/mol. The number of amides is 1. The molecule has 9 heteroatoms. The smallest absolute Gasteiger partial charge is 0.220 e. The second kappa shape index (κ2) is 12.8. The maximum absolute atomic E-state index is 13.9. The molecule has 0 bridgehead atoms. The average molecular weight is 557 g/mol. The molecule has 3 aromatic carbocycles. The van der Waals surface area contributed by atoms with Crippen molar-refractivity contribution in [1.82, 2.24) is 10.6 Å². The highest BCUT2D eigenvalue weighted by Crippen LogP contribution is 2.29. The lowest BCUT2D eigenvalue weighted by atomic mass is 9.97. The van der Waals surface area contributed by atoms with Crippen LogP contribution in [0.1, 0.15) is 47.2 Å². The van der Waals surface area contributed by atoms with Crippen molar-refractivity contribution in [3.63, 3.8) is 0 Å². The van der Waals surface area contributed by atoms with E-state index in [1.807, 2.05) is 55.5 Å². The summed E-state index contributed by atoms with van der Waals surface area (Å²) >= 11 is 0. The van der Waals surface area contributed by atoms with Gasteiger partial charge < -0.3 is 15.7 Å². The first kappa shape index (κ1) is 28.9. The Hall–Kier alpha value is -3.14. The summed E-state index contributed by atoms with van der Waals surface area (Å²) in [6, 6.07) is 17.0. The highest BCUT2D eigenvalue weighted by Gasteiger charge is 2.31. The van der Waals surface area contributed by atoms with Gasteiger partial charge in [0.2, 0.25) is 5.91 Å². The maximum Gasteiger partial charge on any atom is 0.220 e. The summed E-state index contributed by atoms with van der Waals surface area (Å²) in [6.07, 6.45) is 0.315. The van der Waals surface area contributed by atoms with Gasteiger partial charge in [-0.2, -0.15) is 0 Å². The van der Waals surface area contributed by atoms with Crippen molar-refractivity contribution >= 4 is 15.7 Å². The quantitative estimate of drug-likeness (QED) is 0.334. The lowest BCUT2D eigenvalue weighted by Crippen LogP contribution is -2.50. The summed E-state index contributed by atoms with van der Waals surface area (Å²) < 4.78 is 52.8. The van der Waals surface area contributed by atoms with Gasteiger partial charge in [0, 0.05) is 25.1 Å². The summed E-state index contributed by atoms with van der Waals surface area (Å²) in [6.45, 7) is 1.99. The second-order valence-electron chi connectivity index (χ2n) is 10.1. The van der Waals surface area contributed by atoms with Gasteiger partial charge in [-0.3, -0.25) is 4.79 Å². The predicted octanol–water partition coefficient (Wildman–Crippen LogP) is 3.81. The van der Waals surface area contributed by atoms with E-state index in [1.54, 1.807) is 0 Å². The summed E-state index contributed by atoms with van der Waals surface area (Å²) in [5, 5.41) is 17.1. The van der Waals surface area contributed by atoms with Gasteiger partial charge in [0.15, 0.2) is 9.84 Å². The number of halogens is 2. The molecule has 208 valence electrons. The van der Waals surface area contributed by atoms with Crippen molar-refractivity contribution in [3.05, 3.63) is 106 Å². The molecule has 1 amide bonds. The number of sulfone groups is 1. The number of hydrogen-bond acceptors (Lipinski definition) is 5. The number of nitrogens with one attached hydrogen (secondary N) is 2. The number of benzene rings is 3. The Morgan fingerprint density at radius 3 is 2.41 bits per heavy atom. The first-order chi connectivity index (χ1) is 18.6. The van der Waals surface area contributed by atoms with Crippen molar-refractivity contribution in [2.24, 2.45) is 0 Å². The molecular formula is C30H34F2N2O4S. The molecule has 1 aliphatic heterocycles. The van der Waals surface area contributed by atoms with E-state index < -0.39 is 39.7 Å². The number of carbonyl (C=O) groups excluding carboxylic acids is 1. The van der Waals surface area contributed by atoms with E-state index in [-0.39, 0.29) is 42.4 Å². The van der Waals surface area contributed by atoms with E-state index in [2.05, 4.69) is 10.6 Å². The molecule has 6 nitrogen and oxygen atoms in total. The van der Waals surface area contributed by atoms with Crippen LogP contribution >= 0.6 is 0 Å². The van der Waals surface area contributed by atoms with Gasteiger partial charge in [-0.1, -0.05) is 55.5 Å². The standard InChI is InChI=1S/C30H34F2N2O4S/c1-2-20-8-10-23-18-39(37,38)19-28(26(23)14-20)33-17-29(35)27(15-22-12-24(31)16-25(32)13-22)34-30(36)11-9-21-6-4-3-5-7-21/h3-8,10,12-14,16,27-29,33,35H,2,9,11,15,17-19H2,1H3,(H,34,36)/t27-,28-,29+/m0/s1. The Kier molecular flexibility index (Phi) is 9.48. The highest BCUT2D eigenvalue weighted by molar-refractivity contribution is 7.90. The van der Waals surface area contributed by atoms with Gasteiger partial charge in [0.1, 0.15) is 11.6 Å². The van der Waals surface area contributed by atoms with E-state index in [0.29, 0.717) is 6.42 Å². The summed E-state index contributed by atoms with van der Waals surface area (Å²) in [5.41, 5.74) is 3.97. The molecule has 3 N–H and O–H groups in total. The fraction of sp³-hybridized carbons (Fsp3) is 0.367. The minimum Gasteiger partial charge on any atom is -0.390 e. The molecule has 0 saturated heterocycles. The highest BCUT2D eigenvalue weighted by atomic mass is 32.2. The van der Waals surface area contributed by atoms with Crippen LogP contribution in [0.4, 0.5) is 8.78 Å². The monoisotopic (exact) mass is 556 g/mol. The van der Waals surface area contributed by atoms with Crippen molar-refractivity contribution < 1.29 is 27.1 Å². The molecule has 0 fully saturated rings. The largest absolute Gasteiger partial charge is 0.390 e. The summed E-state index contributed by atoms with van der Waals surface area (Å²) in [7, 11) is -3.34. The number of fused-ring (bicyclic) bond motifs is 1. The molecule has 3 atom stereocenters. The fourth-order valence-corrected chi connectivity index (χ4v) is 6.64. The van der Waals surface area contributed by atoms with Crippen molar-refractivity contribution in [1.29, 1.82) is 0 Å². The lowest BCUT2D eigenvalue weighted by Gasteiger charge is -2.30. The van der Waals surface area contributed by atoms with Crippen molar-refractivity contribution in [2.45, 2.75) is 56.5 Å². The maximum atomic E-state index is 13.9. The third-order valence-electron chi connectivity index (χ3n) is 7.04. The minimum atomic E-state index is -3.34. The molecule has 39 heavy (non-hydrogen) atoms. The molecule has 0 radical (unpaired) electrons. The van der Waals surface area contributed by atoms with Crippen LogP contribution < -0.4 is 10.6 Å². The number of hydrogen-bond donors (Lipinski definition) is 3. The molecule has 0 aromatic heterocycles. The Balaban J connectivity index is 1.48. The minimum absolute atomic E-state index is 0.00581. The van der Waals surface area contributed by atoms with Crippen LogP contribution in [0, 0.1) is 11.6 Å². The Morgan fingerprint density at radius 2 is 1.72 bits per heavy atom. The van der Waals surface area contributed by atoms with E-state index in [1.165, 1.54) is 12.1 Å². The molecule has 0 aliphatic carbocycles. The number of aliphatic hydroxyl groups excluding tert-OH is 1. The third kappa shape index (κ3) is 8.17. The van der Waals surface area contributed by atoms with E-state index in [9.17, 15) is 27.1 Å². The Bertz CT molecular complexity index is 1380. The van der Waals surface area contributed by atoms with Gasteiger partial charge >= 0.3 is 0 Å². The van der Waals surface area contributed by atoms with Crippen LogP contribution in [-0.2, 0) is 39.6 Å². The fourth-order valence-electron chi connectivity index (χ4n) is 4.98. The summed E-state index contributed by atoms with van der Waals surface area (Å²) in [4.78, 5) is 12.8. The van der Waals surface area contributed by atoms with Crippen LogP contribution in [-0.4, -0.2) is 43.9 Å². The molecule has 3 aromatic rings. The molecule has 0 unspecified atom stereocenters. The number of aliphatic hydroxyl groups is 1. The first-order valence-corrected chi connectivity index (χ1v) is 15.0. The zero-order chi connectivity index (χ0) is 28.0. The molecule has 1 aliphatic rings. The van der Waals surface area contributed by atoms with Crippen LogP contribution in [0.15, 0.2) is 66.7 Å². The second-order valence-corrected chi connectivity index (χ2v) is 12.2. The molecule has 1 heterocycles. The van der Waals surface area contributed by atoms with Crippen LogP contribution in [0.25, 0.3) is 0 Å². The normalized spacial score (nSPS) is 17.7. The number of carbonyl (C=O) groups is 1. The zero-order valence-electron chi connectivity index (χ0n) is 21.9. The average Bonchev–Trinajstić information content (AvgIpc) is 2.89. The van der Waals surface area contributed by atoms with Crippen molar-refractivity contribution in [2.75, 3.05) is 12.3 Å². The molecular weight excluding hydrogens is 522 g/mol.